The molecule has 0 spiro atoms. The lowest BCUT2D eigenvalue weighted by Gasteiger charge is -2.09. The smallest absolute Gasteiger partial charge is 0.153 e. The quantitative estimate of drug-likeness (QED) is 0.564. The van der Waals surface area contributed by atoms with Gasteiger partial charge in [-0.25, -0.2) is 13.8 Å². The van der Waals surface area contributed by atoms with Crippen LogP contribution < -0.4 is 5.11 Å². The van der Waals surface area contributed by atoms with Gasteiger partial charge in [0.1, 0.15) is 23.1 Å². The Balaban J connectivity index is 1.85. The highest BCUT2D eigenvalue weighted by Gasteiger charge is 2.13. The highest BCUT2D eigenvalue weighted by Crippen LogP contribution is 2.30. The Morgan fingerprint density at radius 2 is 1.69 bits per heavy atom. The first-order valence-corrected chi connectivity index (χ1v) is 7.69. The first-order valence-electron chi connectivity index (χ1n) is 7.69. The van der Waals surface area contributed by atoms with E-state index in [1.807, 2.05) is 0 Å². The maximum absolute atomic E-state index is 13.4. The summed E-state index contributed by atoms with van der Waals surface area (Å²) in [6.45, 7) is 0. The van der Waals surface area contributed by atoms with Gasteiger partial charge in [0, 0.05) is 16.5 Å². The van der Waals surface area contributed by atoms with Gasteiger partial charge in [0.15, 0.2) is 5.76 Å². The van der Waals surface area contributed by atoms with Crippen LogP contribution in [-0.4, -0.2) is 11.0 Å². The average Bonchev–Trinajstić information content (AvgIpc) is 3.11. The van der Waals surface area contributed by atoms with Crippen molar-refractivity contribution in [1.82, 2.24) is 4.98 Å². The fraction of sp³-hybridized carbons (Fsp3) is 0. The number of rotatable bonds is 3. The number of hydrogen-bond acceptors (Lipinski definition) is 4. The van der Waals surface area contributed by atoms with Crippen molar-refractivity contribution in [3.05, 3.63) is 77.9 Å². The molecule has 0 fully saturated rings. The van der Waals surface area contributed by atoms with Gasteiger partial charge in [-0.05, 0) is 48.5 Å². The van der Waals surface area contributed by atoms with Crippen LogP contribution in [0.4, 0.5) is 8.78 Å². The van der Waals surface area contributed by atoms with E-state index in [1.165, 1.54) is 30.3 Å². The summed E-state index contributed by atoms with van der Waals surface area (Å²) in [7, 11) is 0. The number of nitrogens with zero attached hydrogens (tertiary/aromatic N) is 1. The first-order chi connectivity index (χ1) is 12.5. The third kappa shape index (κ3) is 2.82. The lowest BCUT2D eigenvalue weighted by atomic mass is 10.1. The van der Waals surface area contributed by atoms with E-state index in [0.29, 0.717) is 22.6 Å². The Hall–Kier alpha value is -3.54. The number of carboxylic acids is 1. The maximum Gasteiger partial charge on any atom is 0.153 e. The second-order valence-corrected chi connectivity index (χ2v) is 5.68. The molecule has 128 valence electrons. The second kappa shape index (κ2) is 6.07. The van der Waals surface area contributed by atoms with Crippen molar-refractivity contribution in [3.8, 4) is 22.8 Å². The summed E-state index contributed by atoms with van der Waals surface area (Å²) in [6, 6.07) is 14.1. The largest absolute Gasteiger partial charge is 0.545 e. The van der Waals surface area contributed by atoms with Crippen LogP contribution in [0.1, 0.15) is 10.4 Å². The summed E-state index contributed by atoms with van der Waals surface area (Å²) >= 11 is 0. The fourth-order valence-electron chi connectivity index (χ4n) is 2.77. The third-order valence-electron chi connectivity index (χ3n) is 3.96. The molecule has 0 amide bonds. The van der Waals surface area contributed by atoms with E-state index in [0.717, 1.165) is 6.07 Å². The fourth-order valence-corrected chi connectivity index (χ4v) is 2.77. The number of carboxylic acid groups (broad SMARTS) is 1. The number of pyridine rings is 1. The molecule has 4 aromatic rings. The zero-order chi connectivity index (χ0) is 18.3. The summed E-state index contributed by atoms with van der Waals surface area (Å²) in [5.74, 6) is -1.69. The highest BCUT2D eigenvalue weighted by atomic mass is 19.1. The minimum Gasteiger partial charge on any atom is -0.545 e. The molecule has 0 unspecified atom stereocenters. The lowest BCUT2D eigenvalue weighted by molar-refractivity contribution is -0.254. The SMILES string of the molecule is O=C([O-])c1cc(-c2ccc(-c3cccc(F)c3)o2)nc2ccc(F)cc12. The molecular weight excluding hydrogens is 340 g/mol. The average molecular weight is 350 g/mol. The van der Waals surface area contributed by atoms with Crippen molar-refractivity contribution < 1.29 is 23.1 Å². The number of carbonyl (C=O) groups is 1. The van der Waals surface area contributed by atoms with Crippen molar-refractivity contribution in [3.63, 3.8) is 0 Å². The van der Waals surface area contributed by atoms with Gasteiger partial charge in [0.25, 0.3) is 0 Å². The van der Waals surface area contributed by atoms with Crippen LogP contribution in [0.2, 0.25) is 0 Å². The molecule has 4 rings (SSSR count). The Kier molecular flexibility index (Phi) is 3.73. The van der Waals surface area contributed by atoms with Gasteiger partial charge in [-0.1, -0.05) is 12.1 Å². The number of carbonyl (C=O) groups excluding carboxylic acids is 1. The van der Waals surface area contributed by atoms with Gasteiger partial charge >= 0.3 is 0 Å². The molecule has 2 heterocycles. The molecule has 0 bridgehead atoms. The van der Waals surface area contributed by atoms with E-state index in [2.05, 4.69) is 4.98 Å². The zero-order valence-electron chi connectivity index (χ0n) is 13.2. The summed E-state index contributed by atoms with van der Waals surface area (Å²) in [5, 5.41) is 11.6. The van der Waals surface area contributed by atoms with Crippen molar-refractivity contribution in [2.45, 2.75) is 0 Å². The zero-order valence-corrected chi connectivity index (χ0v) is 13.2. The molecule has 2 aromatic carbocycles. The van der Waals surface area contributed by atoms with Gasteiger partial charge in [0.05, 0.1) is 11.5 Å². The van der Waals surface area contributed by atoms with Crippen molar-refractivity contribution in [2.75, 3.05) is 0 Å². The number of aromatic nitrogens is 1. The molecule has 0 radical (unpaired) electrons. The van der Waals surface area contributed by atoms with E-state index < -0.39 is 17.6 Å². The van der Waals surface area contributed by atoms with Gasteiger partial charge in [0.2, 0.25) is 0 Å². The van der Waals surface area contributed by atoms with Crippen LogP contribution in [0.25, 0.3) is 33.7 Å². The van der Waals surface area contributed by atoms with Gasteiger partial charge < -0.3 is 14.3 Å². The van der Waals surface area contributed by atoms with Crippen molar-refractivity contribution in [2.24, 2.45) is 0 Å². The molecule has 0 aliphatic rings. The van der Waals surface area contributed by atoms with Crippen LogP contribution in [0.5, 0.6) is 0 Å². The Bertz CT molecular complexity index is 1150. The maximum atomic E-state index is 13.4. The van der Waals surface area contributed by atoms with Crippen LogP contribution in [-0.2, 0) is 0 Å². The molecule has 2 aromatic heterocycles. The topological polar surface area (TPSA) is 66.2 Å². The number of furan rings is 1. The highest BCUT2D eigenvalue weighted by molar-refractivity contribution is 6.02. The molecule has 0 saturated carbocycles. The van der Waals surface area contributed by atoms with Crippen LogP contribution >= 0.6 is 0 Å². The Morgan fingerprint density at radius 1 is 0.923 bits per heavy atom. The molecule has 4 nitrogen and oxygen atoms in total. The monoisotopic (exact) mass is 350 g/mol. The summed E-state index contributed by atoms with van der Waals surface area (Å²) in [4.78, 5) is 15.8. The van der Waals surface area contributed by atoms with Gasteiger partial charge in [-0.3, -0.25) is 0 Å². The first kappa shape index (κ1) is 16.0. The lowest BCUT2D eigenvalue weighted by Crippen LogP contribution is -2.22. The van der Waals surface area contributed by atoms with E-state index in [9.17, 15) is 18.7 Å². The number of halogens is 2. The van der Waals surface area contributed by atoms with E-state index in [4.69, 9.17) is 4.42 Å². The van der Waals surface area contributed by atoms with Gasteiger partial charge in [-0.2, -0.15) is 0 Å². The normalized spacial score (nSPS) is 11.0. The summed E-state index contributed by atoms with van der Waals surface area (Å²) < 4.78 is 32.5. The molecule has 26 heavy (non-hydrogen) atoms. The number of fused-ring (bicyclic) bond motifs is 1. The van der Waals surface area contributed by atoms with Crippen LogP contribution in [0, 0.1) is 11.6 Å². The van der Waals surface area contributed by atoms with Gasteiger partial charge in [-0.15, -0.1) is 0 Å². The Labute approximate surface area is 146 Å². The molecule has 0 saturated heterocycles. The van der Waals surface area contributed by atoms with E-state index in [1.54, 1.807) is 24.3 Å². The standard InChI is InChI=1S/C20H11F2NO3/c21-12-3-1-2-11(8-12)18-6-7-19(26-18)17-10-15(20(24)25)14-9-13(22)4-5-16(14)23-17/h1-10H,(H,24,25)/p-1. The second-order valence-electron chi connectivity index (χ2n) is 5.68. The molecule has 0 atom stereocenters. The molecule has 0 aliphatic heterocycles. The van der Waals surface area contributed by atoms with E-state index >= 15 is 0 Å². The summed E-state index contributed by atoms with van der Waals surface area (Å²) in [6.07, 6.45) is 0. The Morgan fingerprint density at radius 3 is 2.46 bits per heavy atom. The molecule has 6 heteroatoms. The van der Waals surface area contributed by atoms with Crippen LogP contribution in [0.3, 0.4) is 0 Å². The number of hydrogen-bond donors (Lipinski definition) is 0. The predicted octanol–water partition coefficient (Wildman–Crippen LogP) is 3.80. The molecular formula is C20H10F2NO3-. The number of aromatic carboxylic acids is 1. The van der Waals surface area contributed by atoms with E-state index in [-0.39, 0.29) is 16.6 Å². The minimum atomic E-state index is -1.44. The minimum absolute atomic E-state index is 0.144. The van der Waals surface area contributed by atoms with Crippen LogP contribution in [0.15, 0.2) is 65.1 Å². The van der Waals surface area contributed by atoms with Crippen molar-refractivity contribution >= 4 is 16.9 Å². The molecule has 0 aliphatic carbocycles. The number of benzene rings is 2. The predicted molar refractivity (Wildman–Crippen MR) is 89.1 cm³/mol. The molecule has 0 N–H and O–H groups in total. The van der Waals surface area contributed by atoms with Crippen molar-refractivity contribution in [1.29, 1.82) is 0 Å². The third-order valence-corrected chi connectivity index (χ3v) is 3.96. The summed E-state index contributed by atoms with van der Waals surface area (Å²) in [5.41, 5.74) is 0.908.